The van der Waals surface area contributed by atoms with Crippen LogP contribution in [0.5, 0.6) is 0 Å². The summed E-state index contributed by atoms with van der Waals surface area (Å²) in [6.07, 6.45) is 1.72. The predicted octanol–water partition coefficient (Wildman–Crippen LogP) is 2.37. The fourth-order valence-electron chi connectivity index (χ4n) is 4.61. The van der Waals surface area contributed by atoms with Crippen LogP contribution in [0.15, 0.2) is 59.4 Å². The smallest absolute Gasteiger partial charge is 0.254 e. The molecule has 4 aromatic rings. The number of pyridine rings is 1. The molecular weight excluding hydrogens is 462 g/mol. The number of ether oxygens (including phenoxy) is 1. The maximum Gasteiger partial charge on any atom is 0.254 e. The van der Waals surface area contributed by atoms with Crippen LogP contribution in [0.3, 0.4) is 0 Å². The summed E-state index contributed by atoms with van der Waals surface area (Å²) in [5.41, 5.74) is 5.64. The lowest BCUT2D eigenvalue weighted by atomic mass is 9.94. The van der Waals surface area contributed by atoms with E-state index in [1.165, 1.54) is 13.2 Å². The van der Waals surface area contributed by atoms with Crippen molar-refractivity contribution in [2.24, 2.45) is 0 Å². The molecule has 2 amide bonds. The number of aromatic nitrogens is 3. The summed E-state index contributed by atoms with van der Waals surface area (Å²) in [6.45, 7) is 3.14. The minimum absolute atomic E-state index is 0.163. The van der Waals surface area contributed by atoms with E-state index in [-0.39, 0.29) is 17.3 Å². The van der Waals surface area contributed by atoms with Crippen LogP contribution in [-0.4, -0.2) is 40.5 Å². The van der Waals surface area contributed by atoms with E-state index in [0.29, 0.717) is 42.0 Å². The molecule has 1 aliphatic heterocycles. The van der Waals surface area contributed by atoms with Crippen molar-refractivity contribution in [2.75, 3.05) is 13.7 Å². The number of fused-ring (bicyclic) bond motifs is 2. The van der Waals surface area contributed by atoms with Crippen molar-refractivity contribution in [3.63, 3.8) is 0 Å². The first-order valence-electron chi connectivity index (χ1n) is 11.6. The minimum Gasteiger partial charge on any atom is -0.367 e. The summed E-state index contributed by atoms with van der Waals surface area (Å²) < 4.78 is 10.0. The highest BCUT2D eigenvalue weighted by molar-refractivity contribution is 5.97. The molecule has 10 heteroatoms. The van der Waals surface area contributed by atoms with Gasteiger partial charge in [0.25, 0.3) is 11.8 Å². The number of nitrogens with one attached hydrogen (secondary N) is 1. The first-order chi connectivity index (χ1) is 17.5. The number of aryl methyl sites for hydroxylation is 1. The molecule has 0 aliphatic carbocycles. The second kappa shape index (κ2) is 9.74. The SMILES string of the molecule is COC(C(=O)NCc1c(C)ncc2c1CCN(C(=O)c1ccc3c(c1)no[n+]3[O-])C2)c1ccccc1. The van der Waals surface area contributed by atoms with Crippen LogP contribution >= 0.6 is 0 Å². The van der Waals surface area contributed by atoms with Gasteiger partial charge in [0.1, 0.15) is 0 Å². The summed E-state index contributed by atoms with van der Waals surface area (Å²) in [7, 11) is 1.51. The summed E-state index contributed by atoms with van der Waals surface area (Å²) in [6, 6.07) is 14.0. The Kier molecular flexibility index (Phi) is 6.34. The predicted molar refractivity (Wildman–Crippen MR) is 128 cm³/mol. The van der Waals surface area contributed by atoms with Crippen molar-refractivity contribution in [2.45, 2.75) is 32.5 Å². The molecule has 0 radical (unpaired) electrons. The minimum atomic E-state index is -0.703. The zero-order valence-electron chi connectivity index (χ0n) is 19.9. The molecule has 5 rings (SSSR count). The van der Waals surface area contributed by atoms with Gasteiger partial charge in [0.15, 0.2) is 6.10 Å². The van der Waals surface area contributed by atoms with Gasteiger partial charge in [-0.3, -0.25) is 19.2 Å². The Morgan fingerprint density at radius 1 is 1.25 bits per heavy atom. The van der Waals surface area contributed by atoms with Crippen LogP contribution < -0.4 is 10.2 Å². The van der Waals surface area contributed by atoms with Crippen LogP contribution in [0.1, 0.15) is 44.4 Å². The standard InChI is InChI=1S/C26H25N5O5/c1-16-21(14-28-25(32)24(35-2)17-6-4-3-5-7-17)20-10-11-30(15-19(20)13-27-16)26(33)18-8-9-23-22(12-18)29-36-31(23)34/h3-9,12-13,24H,10-11,14-15H2,1-2H3,(H,28,32). The highest BCUT2D eigenvalue weighted by Crippen LogP contribution is 2.26. The van der Waals surface area contributed by atoms with E-state index in [2.05, 4.69) is 20.1 Å². The van der Waals surface area contributed by atoms with E-state index < -0.39 is 6.10 Å². The third kappa shape index (κ3) is 4.38. The average Bonchev–Trinajstić information content (AvgIpc) is 3.28. The van der Waals surface area contributed by atoms with Crippen LogP contribution in [-0.2, 0) is 29.0 Å². The van der Waals surface area contributed by atoms with E-state index in [1.807, 2.05) is 37.3 Å². The Morgan fingerprint density at radius 2 is 2.06 bits per heavy atom. The maximum absolute atomic E-state index is 13.2. The van der Waals surface area contributed by atoms with E-state index >= 15 is 0 Å². The number of hydrogen-bond donors (Lipinski definition) is 1. The molecule has 184 valence electrons. The molecule has 36 heavy (non-hydrogen) atoms. The van der Waals surface area contributed by atoms with Gasteiger partial charge in [0, 0.05) is 55.4 Å². The third-order valence-corrected chi connectivity index (χ3v) is 6.53. The van der Waals surface area contributed by atoms with Gasteiger partial charge in [-0.05, 0) is 52.6 Å². The number of nitrogens with zero attached hydrogens (tertiary/aromatic N) is 4. The topological polar surface area (TPSA) is 124 Å². The van der Waals surface area contributed by atoms with Gasteiger partial charge in [-0.2, -0.15) is 0 Å². The van der Waals surface area contributed by atoms with Crippen molar-refractivity contribution in [3.8, 4) is 0 Å². The van der Waals surface area contributed by atoms with Crippen LogP contribution in [0.25, 0.3) is 11.0 Å². The van der Waals surface area contributed by atoms with E-state index in [1.54, 1.807) is 23.2 Å². The lowest BCUT2D eigenvalue weighted by Gasteiger charge is -2.30. The van der Waals surface area contributed by atoms with Crippen molar-refractivity contribution < 1.29 is 23.9 Å². The summed E-state index contributed by atoms with van der Waals surface area (Å²) in [4.78, 5) is 32.6. The molecule has 1 N–H and O–H groups in total. The first kappa shape index (κ1) is 23.4. The van der Waals surface area contributed by atoms with Crippen molar-refractivity contribution >= 4 is 22.8 Å². The lowest BCUT2D eigenvalue weighted by Crippen LogP contribution is -2.37. The summed E-state index contributed by atoms with van der Waals surface area (Å²) in [5, 5.41) is 18.2. The molecule has 1 aliphatic rings. The zero-order valence-corrected chi connectivity index (χ0v) is 19.9. The second-order valence-corrected chi connectivity index (χ2v) is 8.68. The third-order valence-electron chi connectivity index (χ3n) is 6.53. The number of carbonyl (C=O) groups is 2. The van der Waals surface area contributed by atoms with Gasteiger partial charge < -0.3 is 20.2 Å². The largest absolute Gasteiger partial charge is 0.367 e. The van der Waals surface area contributed by atoms with E-state index in [4.69, 9.17) is 4.74 Å². The van der Waals surface area contributed by atoms with Gasteiger partial charge >= 0.3 is 0 Å². The first-order valence-corrected chi connectivity index (χ1v) is 11.6. The fourth-order valence-corrected chi connectivity index (χ4v) is 4.61. The number of benzene rings is 2. The number of carbonyl (C=O) groups excluding carboxylic acids is 2. The second-order valence-electron chi connectivity index (χ2n) is 8.68. The number of hydrogen-bond acceptors (Lipinski definition) is 7. The Morgan fingerprint density at radius 3 is 2.83 bits per heavy atom. The van der Waals surface area contributed by atoms with Crippen LogP contribution in [0.2, 0.25) is 0 Å². The van der Waals surface area contributed by atoms with Crippen LogP contribution in [0, 0.1) is 12.1 Å². The van der Waals surface area contributed by atoms with Crippen molar-refractivity contribution in [1.82, 2.24) is 20.4 Å². The Balaban J connectivity index is 1.31. The normalized spacial score (nSPS) is 13.9. The lowest BCUT2D eigenvalue weighted by molar-refractivity contribution is -0.782. The zero-order chi connectivity index (χ0) is 25.2. The maximum atomic E-state index is 13.2. The summed E-state index contributed by atoms with van der Waals surface area (Å²) in [5.74, 6) is -0.389. The molecule has 1 unspecified atom stereocenters. The van der Waals surface area contributed by atoms with Gasteiger partial charge in [-0.25, -0.2) is 0 Å². The number of amides is 2. The molecule has 0 fully saturated rings. The van der Waals surface area contributed by atoms with Crippen LogP contribution in [0.4, 0.5) is 0 Å². The average molecular weight is 488 g/mol. The molecule has 0 saturated heterocycles. The van der Waals surface area contributed by atoms with Gasteiger partial charge in [0.2, 0.25) is 11.0 Å². The highest BCUT2D eigenvalue weighted by atomic mass is 16.8. The molecule has 1 atom stereocenters. The Hall–Kier alpha value is -4.31. The molecule has 3 heterocycles. The number of methoxy groups -OCH3 is 1. The Bertz CT molecular complexity index is 1440. The molecule has 0 saturated carbocycles. The van der Waals surface area contributed by atoms with E-state index in [0.717, 1.165) is 27.9 Å². The summed E-state index contributed by atoms with van der Waals surface area (Å²) >= 11 is 0. The molecule has 0 bridgehead atoms. The number of rotatable bonds is 6. The monoisotopic (exact) mass is 487 g/mol. The van der Waals surface area contributed by atoms with Gasteiger partial charge in [0.05, 0.1) is 0 Å². The fraction of sp³-hybridized carbons (Fsp3) is 0.269. The Labute approximate surface area is 207 Å². The van der Waals surface area contributed by atoms with Gasteiger partial charge in [-0.15, -0.1) is 0 Å². The molecule has 0 spiro atoms. The van der Waals surface area contributed by atoms with Crippen molar-refractivity contribution in [3.05, 3.63) is 93.4 Å². The molecule has 10 nitrogen and oxygen atoms in total. The molecule has 2 aromatic heterocycles. The molecular formula is C26H25N5O5. The molecule has 2 aromatic carbocycles. The van der Waals surface area contributed by atoms with Gasteiger partial charge in [-0.1, -0.05) is 30.3 Å². The van der Waals surface area contributed by atoms with E-state index in [9.17, 15) is 14.8 Å². The quantitative estimate of drug-likeness (QED) is 0.414. The van der Waals surface area contributed by atoms with Crippen molar-refractivity contribution in [1.29, 1.82) is 0 Å². The highest BCUT2D eigenvalue weighted by Gasteiger charge is 2.27.